The summed E-state index contributed by atoms with van der Waals surface area (Å²) in [6.07, 6.45) is 1.52. The van der Waals surface area contributed by atoms with E-state index in [9.17, 15) is 0 Å². The minimum atomic E-state index is 0.217. The van der Waals surface area contributed by atoms with E-state index >= 15 is 0 Å². The first-order valence-corrected chi connectivity index (χ1v) is 6.89. The molecule has 2 aromatic heterocycles. The third-order valence-electron chi connectivity index (χ3n) is 2.33. The van der Waals surface area contributed by atoms with Crippen LogP contribution in [0.15, 0.2) is 42.7 Å². The second-order valence-electron chi connectivity index (χ2n) is 3.36. The molecule has 0 amide bonds. The van der Waals surface area contributed by atoms with Crippen molar-refractivity contribution in [2.24, 2.45) is 0 Å². The molecule has 1 aromatic carbocycles. The monoisotopic (exact) mass is 294 g/mol. The molecule has 2 heterocycles. The van der Waals surface area contributed by atoms with E-state index in [0.29, 0.717) is 5.15 Å². The van der Waals surface area contributed by atoms with Crippen LogP contribution in [0.2, 0.25) is 5.15 Å². The predicted octanol–water partition coefficient (Wildman–Crippen LogP) is 3.01. The number of hydrogen-bond donors (Lipinski definition) is 0. The Labute approximate surface area is 104 Å². The number of halogens is 1. The molecule has 0 radical (unpaired) electrons. The summed E-state index contributed by atoms with van der Waals surface area (Å²) in [5.41, 5.74) is 2.22. The number of hydrogen-bond acceptors (Lipinski definition) is 2. The van der Waals surface area contributed by atoms with Gasteiger partial charge >= 0.3 is 104 Å². The number of fused-ring (bicyclic) bond motifs is 1. The summed E-state index contributed by atoms with van der Waals surface area (Å²) in [7, 11) is 0. The summed E-state index contributed by atoms with van der Waals surface area (Å²) >= 11 is 6.27. The van der Waals surface area contributed by atoms with Gasteiger partial charge in [0.1, 0.15) is 0 Å². The molecule has 0 aliphatic heterocycles. The molecule has 0 bridgehead atoms. The zero-order chi connectivity index (χ0) is 11.0. The summed E-state index contributed by atoms with van der Waals surface area (Å²) in [5.74, 6) is 0. The first-order chi connectivity index (χ1) is 7.84. The first-order valence-electron chi connectivity index (χ1n) is 4.80. The van der Waals surface area contributed by atoms with Crippen LogP contribution in [0, 0.1) is 0 Å². The third kappa shape index (κ3) is 1.67. The van der Waals surface area contributed by atoms with Gasteiger partial charge in [-0.3, -0.25) is 0 Å². The van der Waals surface area contributed by atoms with E-state index in [2.05, 4.69) is 28.2 Å². The van der Waals surface area contributed by atoms with Crippen molar-refractivity contribution in [1.29, 1.82) is 0 Å². The fourth-order valence-electron chi connectivity index (χ4n) is 1.57. The van der Waals surface area contributed by atoms with Crippen LogP contribution in [0.25, 0.3) is 19.8 Å². The van der Waals surface area contributed by atoms with Crippen LogP contribution in [0.3, 0.4) is 0 Å². The summed E-state index contributed by atoms with van der Waals surface area (Å²) in [5, 5.41) is 0.590. The van der Waals surface area contributed by atoms with E-state index in [1.807, 2.05) is 18.2 Å². The van der Waals surface area contributed by atoms with Crippen molar-refractivity contribution in [1.82, 2.24) is 9.97 Å². The molecule has 0 spiro atoms. The molecule has 0 N–H and O–H groups in total. The molecule has 0 fully saturated rings. The normalized spacial score (nSPS) is 10.8. The Morgan fingerprint density at radius 2 is 1.88 bits per heavy atom. The van der Waals surface area contributed by atoms with Gasteiger partial charge in [-0.25, -0.2) is 0 Å². The number of aromatic nitrogens is 2. The molecular formula is C12H7ClN2Se. The summed E-state index contributed by atoms with van der Waals surface area (Å²) in [6.45, 7) is 0. The van der Waals surface area contributed by atoms with E-state index in [-0.39, 0.29) is 14.5 Å². The van der Waals surface area contributed by atoms with Crippen molar-refractivity contribution in [2.75, 3.05) is 0 Å². The number of rotatable bonds is 1. The van der Waals surface area contributed by atoms with Crippen molar-refractivity contribution in [2.45, 2.75) is 0 Å². The van der Waals surface area contributed by atoms with Crippen LogP contribution in [-0.4, -0.2) is 24.5 Å². The van der Waals surface area contributed by atoms with Crippen molar-refractivity contribution in [3.8, 4) is 10.0 Å². The maximum atomic E-state index is 6.05. The van der Waals surface area contributed by atoms with Gasteiger partial charge in [0.2, 0.25) is 0 Å². The Hall–Kier alpha value is -1.15. The topological polar surface area (TPSA) is 25.8 Å². The Morgan fingerprint density at radius 1 is 1.06 bits per heavy atom. The molecule has 4 heteroatoms. The SMILES string of the molecule is Clc1ncnc2cc(-c3ccccc3)[se]c12. The molecule has 0 aliphatic rings. The Bertz CT molecular complexity index is 634. The van der Waals surface area contributed by atoms with Crippen molar-refractivity contribution in [3.63, 3.8) is 0 Å². The Morgan fingerprint density at radius 3 is 2.62 bits per heavy atom. The van der Waals surface area contributed by atoms with E-state index in [0.717, 1.165) is 9.78 Å². The summed E-state index contributed by atoms with van der Waals surface area (Å²) < 4.78 is 2.40. The van der Waals surface area contributed by atoms with Crippen molar-refractivity contribution >= 4 is 35.9 Å². The second-order valence-corrected chi connectivity index (χ2v) is 5.92. The molecule has 3 aromatic rings. The number of benzene rings is 1. The van der Waals surface area contributed by atoms with E-state index < -0.39 is 0 Å². The van der Waals surface area contributed by atoms with Crippen molar-refractivity contribution < 1.29 is 0 Å². The quantitative estimate of drug-likeness (QED) is 0.509. The molecule has 0 saturated carbocycles. The predicted molar refractivity (Wildman–Crippen MR) is 66.9 cm³/mol. The van der Waals surface area contributed by atoms with Gasteiger partial charge < -0.3 is 0 Å². The molecule has 0 aliphatic carbocycles. The van der Waals surface area contributed by atoms with Crippen LogP contribution >= 0.6 is 11.6 Å². The molecule has 2 nitrogen and oxygen atoms in total. The van der Waals surface area contributed by atoms with Crippen LogP contribution < -0.4 is 0 Å². The second kappa shape index (κ2) is 4.02. The van der Waals surface area contributed by atoms with Crippen LogP contribution in [0.5, 0.6) is 0 Å². The van der Waals surface area contributed by atoms with E-state index in [1.165, 1.54) is 16.3 Å². The van der Waals surface area contributed by atoms with Gasteiger partial charge in [-0.15, -0.1) is 0 Å². The molecule has 0 unspecified atom stereocenters. The van der Waals surface area contributed by atoms with Crippen LogP contribution in [0.1, 0.15) is 0 Å². The van der Waals surface area contributed by atoms with Gasteiger partial charge in [-0.1, -0.05) is 0 Å². The fraction of sp³-hybridized carbons (Fsp3) is 0. The molecule has 16 heavy (non-hydrogen) atoms. The molecule has 0 atom stereocenters. The molecular weight excluding hydrogens is 287 g/mol. The average molecular weight is 294 g/mol. The third-order valence-corrected chi connectivity index (χ3v) is 5.34. The van der Waals surface area contributed by atoms with E-state index in [1.54, 1.807) is 0 Å². The Balaban J connectivity index is 2.23. The minimum absolute atomic E-state index is 0.217. The zero-order valence-electron chi connectivity index (χ0n) is 8.22. The first kappa shape index (κ1) is 10.0. The van der Waals surface area contributed by atoms with Crippen molar-refractivity contribution in [3.05, 3.63) is 47.9 Å². The van der Waals surface area contributed by atoms with Gasteiger partial charge in [-0.05, 0) is 0 Å². The average Bonchev–Trinajstić information content (AvgIpc) is 2.76. The van der Waals surface area contributed by atoms with Gasteiger partial charge in [0, 0.05) is 0 Å². The number of nitrogens with zero attached hydrogens (tertiary/aromatic N) is 2. The standard InChI is InChI=1S/C12H7ClN2Se/c13-12-11-9(14-7-15-12)6-10(16-11)8-4-2-1-3-5-8/h1-7H. The summed E-state index contributed by atoms with van der Waals surface area (Å²) in [6, 6.07) is 12.4. The van der Waals surface area contributed by atoms with Gasteiger partial charge in [-0.2, -0.15) is 0 Å². The van der Waals surface area contributed by atoms with Gasteiger partial charge in [0.25, 0.3) is 0 Å². The summed E-state index contributed by atoms with van der Waals surface area (Å²) in [4.78, 5) is 8.26. The van der Waals surface area contributed by atoms with Crippen LogP contribution in [0.4, 0.5) is 0 Å². The van der Waals surface area contributed by atoms with Gasteiger partial charge in [0.15, 0.2) is 0 Å². The van der Waals surface area contributed by atoms with E-state index in [4.69, 9.17) is 11.6 Å². The molecule has 0 saturated heterocycles. The molecule has 3 rings (SSSR count). The zero-order valence-corrected chi connectivity index (χ0v) is 10.7. The maximum absolute atomic E-state index is 6.05. The fourth-order valence-corrected chi connectivity index (χ4v) is 4.00. The van der Waals surface area contributed by atoms with Gasteiger partial charge in [0.05, 0.1) is 0 Å². The van der Waals surface area contributed by atoms with Crippen LogP contribution in [-0.2, 0) is 0 Å². The molecule has 78 valence electrons. The Kier molecular flexibility index (Phi) is 2.52.